The minimum absolute atomic E-state index is 0.0897. The molecule has 0 saturated carbocycles. The van der Waals surface area contributed by atoms with E-state index in [0.29, 0.717) is 58.0 Å². The van der Waals surface area contributed by atoms with Gasteiger partial charge in [0.2, 0.25) is 23.6 Å². The number of nitrogens with one attached hydrogen (secondary N) is 2. The highest BCUT2D eigenvalue weighted by atomic mass is 35.5. The minimum atomic E-state index is -1.86. The summed E-state index contributed by atoms with van der Waals surface area (Å²) in [5.41, 5.74) is -1.40. The zero-order valence-corrected chi connectivity index (χ0v) is 69.2. The highest BCUT2D eigenvalue weighted by Gasteiger charge is 2.66. The minimum Gasteiger partial charge on any atom is -0.457 e. The van der Waals surface area contributed by atoms with Gasteiger partial charge >= 0.3 is 24.1 Å². The van der Waals surface area contributed by atoms with Crippen molar-refractivity contribution in [3.63, 3.8) is 0 Å². The average molecular weight is 1600 g/mol. The maximum atomic E-state index is 14.2. The molecule has 30 heteroatoms. The second-order valence-corrected chi connectivity index (χ2v) is 36.1. The van der Waals surface area contributed by atoms with Gasteiger partial charge in [0.15, 0.2) is 11.4 Å². The van der Waals surface area contributed by atoms with Gasteiger partial charge in [-0.05, 0) is 106 Å². The Morgan fingerprint density at radius 2 is 1.03 bits per heavy atom. The van der Waals surface area contributed by atoms with Crippen molar-refractivity contribution in [2.75, 3.05) is 57.0 Å². The number of aliphatic hydroxyl groups is 6. The number of hydrogen-bond acceptors (Lipinski definition) is 22. The fraction of sp³-hybridized carbons (Fsp3) is 0.646. The number of ether oxygens (including phenoxy) is 6. The van der Waals surface area contributed by atoms with E-state index in [1.807, 2.05) is 39.8 Å². The van der Waals surface area contributed by atoms with E-state index >= 15 is 0 Å². The van der Waals surface area contributed by atoms with Crippen molar-refractivity contribution >= 4 is 106 Å². The standard InChI is InChI=1S/C41H60ClN3O10S.C38H54ClN3O10S/c1-23(2)56-39(6,7)15-14-33(48)44(9)26(5)37(50)54-32-19-34(49)45(10)30-18-27(17-28(21-46)35(30)42)16-24(3)12-11-13-29(22-47)41(52)20-31(53-38(51)43-41)25(4)36-40(32,8)55-36;1-21(2)53-13-12-31(45)41(7)24(5)35(47)51-30-17-32(46)42(8)28-16-25(15-26(19-43)33(28)39)14-22(3)10-9-11-27(20-44)38(49)18-29(50-36(48)40-38)23(4)34-37(30,6)52-34/h11-13,17-18,23,25-26,29,31-32,36,46-47,52H,14-16,19-22H2,1-10H3,(H,43,51);9-11,15-16,21,23-24,27,29-30,34,43-44,49H,12-14,17-20H2,1-8H3,(H,40,48)/b13-11+,24-12+;11-9+,22-10+/t25-,26+,29+,31+,32+,36+,40+,41+;23-,24+,27+,29+,30+,34+,37+,38+/m11/s1. The molecule has 0 radical (unpaired) electrons. The van der Waals surface area contributed by atoms with Crippen LogP contribution in [0, 0.1) is 23.7 Å². The molecule has 8 bridgehead atoms. The Labute approximate surface area is 659 Å². The SMILES string of the molecule is C/C1=C\C=C\[C@@H](CO)[C@@]2(O)C[C@H](OC(=O)N2)[C@@H](C)[C@@H]2O[C@@]2(C)[C@@H](OC(=O)[C@H](C)N(C)C(=O)CCC(C)(C)SC(C)C)CC(=O)N(C)c2cc(cc(CO)c2Cl)C1.C/C1=C\C=C\[C@@H](CO)[C@@]2(O)C[C@H](OC(=O)N2)[C@@H](C)[C@@H]2O[C@@]2(C)[C@@H](OC(=O)[C@H](C)N(C)C(=O)CCSC(C)C)CC(=O)N(C)c2cc(cc(CO)c2Cl)C1. The van der Waals surface area contributed by atoms with Gasteiger partial charge in [-0.25, -0.2) is 19.2 Å². The van der Waals surface area contributed by atoms with Crippen LogP contribution in [0.25, 0.3) is 0 Å². The smallest absolute Gasteiger partial charge is 0.409 e. The number of allylic oxidation sites excluding steroid dienone is 6. The maximum absolute atomic E-state index is 14.2. The number of benzene rings is 2. The molecule has 16 atom stereocenters. The molecule has 2 aromatic rings. The van der Waals surface area contributed by atoms with E-state index in [1.54, 1.807) is 135 Å². The number of epoxide rings is 2. The number of hydrogen-bond donors (Lipinski definition) is 8. The van der Waals surface area contributed by atoms with Gasteiger partial charge in [0.1, 0.15) is 47.7 Å². The number of fused-ring (bicyclic) bond motifs is 10. The summed E-state index contributed by atoms with van der Waals surface area (Å²) in [5.74, 6) is -5.15. The van der Waals surface area contributed by atoms with E-state index in [2.05, 4.69) is 38.3 Å². The van der Waals surface area contributed by atoms with Gasteiger partial charge in [-0.15, -0.1) is 0 Å². The van der Waals surface area contributed by atoms with Crippen LogP contribution in [0.4, 0.5) is 21.0 Å². The molecule has 0 aliphatic carbocycles. The maximum Gasteiger partial charge on any atom is 0.409 e. The van der Waals surface area contributed by atoms with E-state index in [9.17, 15) is 69.0 Å². The quantitative estimate of drug-likeness (QED) is 0.0368. The summed E-state index contributed by atoms with van der Waals surface area (Å²) in [6, 6.07) is 5.04. The third-order valence-electron chi connectivity index (χ3n) is 21.7. The molecular formula is C79H114Cl2N6O20S2. The summed E-state index contributed by atoms with van der Waals surface area (Å²) in [5, 5.41) is 70.5. The molecule has 0 spiro atoms. The van der Waals surface area contributed by atoms with Crippen LogP contribution < -0.4 is 20.4 Å². The third kappa shape index (κ3) is 22.4. The first-order valence-corrected chi connectivity index (χ1v) is 39.9. The van der Waals surface area contributed by atoms with Crippen molar-refractivity contribution in [3.8, 4) is 0 Å². The Kier molecular flexibility index (Phi) is 31.0. The molecule has 26 nitrogen and oxygen atoms in total. The van der Waals surface area contributed by atoms with Crippen molar-refractivity contribution in [2.24, 2.45) is 23.7 Å². The lowest BCUT2D eigenvalue weighted by molar-refractivity contribution is -0.162. The number of rotatable bonds is 19. The van der Waals surface area contributed by atoms with E-state index in [-0.39, 0.29) is 78.3 Å². The second-order valence-electron chi connectivity index (χ2n) is 31.4. The predicted octanol–water partition coefficient (Wildman–Crippen LogP) is 9.42. The van der Waals surface area contributed by atoms with Crippen molar-refractivity contribution in [3.05, 3.63) is 104 Å². The predicted molar refractivity (Wildman–Crippen MR) is 418 cm³/mol. The number of thioether (sulfide) groups is 2. The third-order valence-corrected chi connectivity index (χ3v) is 25.0. The summed E-state index contributed by atoms with van der Waals surface area (Å²) in [4.78, 5) is 113. The summed E-state index contributed by atoms with van der Waals surface area (Å²) in [6.07, 6.45) is 4.08. The van der Waals surface area contributed by atoms with Crippen LogP contribution in [0.15, 0.2) is 71.9 Å². The highest BCUT2D eigenvalue weighted by Crippen LogP contribution is 2.51. The molecule has 4 saturated heterocycles. The lowest BCUT2D eigenvalue weighted by Gasteiger charge is -2.42. The molecule has 6 aliphatic rings. The number of likely N-dealkylation sites (N-methyl/N-ethyl adjacent to an activating group) is 2. The van der Waals surface area contributed by atoms with Crippen molar-refractivity contribution in [2.45, 2.75) is 255 Å². The number of halogens is 2. The molecule has 8 rings (SSSR count). The zero-order valence-electron chi connectivity index (χ0n) is 66.0. The number of carbonyl (C=O) groups excluding carboxylic acids is 8. The highest BCUT2D eigenvalue weighted by molar-refractivity contribution is 8.01. The molecule has 2 aromatic carbocycles. The number of amides is 6. The Morgan fingerprint density at radius 3 is 1.39 bits per heavy atom. The van der Waals surface area contributed by atoms with Gasteiger partial charge in [0.05, 0.1) is 72.9 Å². The van der Waals surface area contributed by atoms with E-state index in [0.717, 1.165) is 22.3 Å². The van der Waals surface area contributed by atoms with Crippen LogP contribution in [0.2, 0.25) is 10.0 Å². The summed E-state index contributed by atoms with van der Waals surface area (Å²) < 4.78 is 35.8. The fourth-order valence-corrected chi connectivity index (χ4v) is 17.3. The lowest BCUT2D eigenvalue weighted by atomic mass is 9.81. The van der Waals surface area contributed by atoms with Gasteiger partial charge in [0.25, 0.3) is 0 Å². The van der Waals surface area contributed by atoms with Crippen LogP contribution in [-0.4, -0.2) is 222 Å². The molecule has 109 heavy (non-hydrogen) atoms. The largest absolute Gasteiger partial charge is 0.457 e. The molecule has 0 aromatic heterocycles. The van der Waals surface area contributed by atoms with E-state index in [4.69, 9.17) is 51.6 Å². The summed E-state index contributed by atoms with van der Waals surface area (Å²) in [7, 11) is 6.18. The summed E-state index contributed by atoms with van der Waals surface area (Å²) in [6.45, 7) is 24.6. The van der Waals surface area contributed by atoms with E-state index < -0.39 is 144 Å². The molecule has 0 unspecified atom stereocenters. The number of anilines is 2. The molecule has 8 N–H and O–H groups in total. The first-order chi connectivity index (χ1) is 50.9. The number of nitrogens with zero attached hydrogens (tertiary/aromatic N) is 4. The lowest BCUT2D eigenvalue weighted by Crippen LogP contribution is -2.62. The van der Waals surface area contributed by atoms with Gasteiger partial charge in [-0.1, -0.05) is 138 Å². The number of carbonyl (C=O) groups is 8. The Hall–Kier alpha value is -6.28. The summed E-state index contributed by atoms with van der Waals surface area (Å²) >= 11 is 16.9. The van der Waals surface area contributed by atoms with Crippen LogP contribution in [0.3, 0.4) is 0 Å². The first kappa shape index (κ1) is 89.9. The van der Waals surface area contributed by atoms with Crippen LogP contribution in [-0.2, 0) is 83.2 Å². The number of aliphatic hydroxyl groups excluding tert-OH is 4. The normalized spacial score (nSPS) is 31.0. The first-order valence-electron chi connectivity index (χ1n) is 37.2. The Balaban J connectivity index is 0.000000304. The molecule has 6 heterocycles. The molecule has 4 fully saturated rings. The fourth-order valence-electron chi connectivity index (χ4n) is 14.5. The van der Waals surface area contributed by atoms with Crippen LogP contribution in [0.1, 0.15) is 164 Å². The Morgan fingerprint density at radius 1 is 0.642 bits per heavy atom. The van der Waals surface area contributed by atoms with Gasteiger partial charge in [0, 0.05) is 88.0 Å². The Bertz CT molecular complexity index is 3780. The average Bonchev–Trinajstić information content (AvgIpc) is 1.58. The van der Waals surface area contributed by atoms with Crippen molar-refractivity contribution < 1.29 is 97.4 Å². The van der Waals surface area contributed by atoms with Crippen LogP contribution >= 0.6 is 46.7 Å². The number of alkyl carbamates (subject to hydrolysis) is 2. The van der Waals surface area contributed by atoms with Gasteiger partial charge < -0.3 is 78.7 Å². The molecule has 6 amide bonds. The van der Waals surface area contributed by atoms with Crippen molar-refractivity contribution in [1.82, 2.24) is 20.4 Å². The van der Waals surface area contributed by atoms with Gasteiger partial charge in [-0.2, -0.15) is 23.5 Å². The molecule has 606 valence electrons. The monoisotopic (exact) mass is 1600 g/mol. The van der Waals surface area contributed by atoms with Crippen molar-refractivity contribution in [1.29, 1.82) is 0 Å². The second kappa shape index (κ2) is 37.6. The molecule has 6 aliphatic heterocycles. The zero-order chi connectivity index (χ0) is 81.3. The topological polar surface area (TPSA) is 357 Å². The van der Waals surface area contributed by atoms with Crippen LogP contribution in [0.5, 0.6) is 0 Å². The molecular weight excluding hydrogens is 1490 g/mol. The number of esters is 2. The van der Waals surface area contributed by atoms with Gasteiger partial charge in [-0.3, -0.25) is 29.8 Å². The van der Waals surface area contributed by atoms with E-state index in [1.165, 1.54) is 26.6 Å².